The minimum absolute atomic E-state index is 0.332. The molecule has 19 heavy (non-hydrogen) atoms. The predicted molar refractivity (Wildman–Crippen MR) is 73.0 cm³/mol. The Morgan fingerprint density at radius 3 is 2.42 bits per heavy atom. The fraction of sp³-hybridized carbons (Fsp3) is 0.462. The molecule has 99 valence electrons. The van der Waals surface area contributed by atoms with Crippen LogP contribution in [0.1, 0.15) is 27.7 Å². The molecule has 0 spiro atoms. The monoisotopic (exact) mass is 259 g/mol. The molecule has 0 aromatic heterocycles. The number of fused-ring (bicyclic) bond motifs is 1. The molecule has 1 radical (unpaired) electrons. The largest absolute Gasteiger partial charge is 0.494 e. The molecule has 1 saturated heterocycles. The number of hydrogen-bond acceptors (Lipinski definition) is 3. The first-order valence-electron chi connectivity index (χ1n) is 6.31. The van der Waals surface area contributed by atoms with Crippen LogP contribution in [0.3, 0.4) is 0 Å². The Labute approximate surface area is 112 Å². The minimum atomic E-state index is -0.429. The van der Waals surface area contributed by atoms with Gasteiger partial charge in [0, 0.05) is 0 Å². The number of nitrogens with one attached hydrogen (secondary N) is 1. The van der Waals surface area contributed by atoms with E-state index in [4.69, 9.17) is 9.31 Å². The van der Waals surface area contributed by atoms with E-state index in [-0.39, 0.29) is 17.2 Å². The summed E-state index contributed by atoms with van der Waals surface area (Å²) in [5, 5.41) is 6.56. The SMILES string of the molecule is CC1(C)OB(c2ccc3c(c2)[N]C(=O)N3)OC1(C)C. The van der Waals surface area contributed by atoms with E-state index in [1.54, 1.807) is 0 Å². The summed E-state index contributed by atoms with van der Waals surface area (Å²) < 4.78 is 11.9. The third-order valence-electron chi connectivity index (χ3n) is 4.01. The van der Waals surface area contributed by atoms with Crippen LogP contribution < -0.4 is 16.1 Å². The number of nitrogens with zero attached hydrogens (tertiary/aromatic N) is 1. The van der Waals surface area contributed by atoms with Gasteiger partial charge in [-0.25, -0.2) is 4.79 Å². The van der Waals surface area contributed by atoms with E-state index in [1.165, 1.54) is 0 Å². The van der Waals surface area contributed by atoms with E-state index < -0.39 is 7.12 Å². The van der Waals surface area contributed by atoms with Gasteiger partial charge in [-0.1, -0.05) is 6.07 Å². The van der Waals surface area contributed by atoms with Gasteiger partial charge in [0.1, 0.15) is 0 Å². The molecule has 2 amide bonds. The van der Waals surface area contributed by atoms with Crippen molar-refractivity contribution in [2.24, 2.45) is 0 Å². The molecule has 5 nitrogen and oxygen atoms in total. The van der Waals surface area contributed by atoms with Crippen LogP contribution in [-0.2, 0) is 9.31 Å². The molecule has 2 heterocycles. The summed E-state index contributed by atoms with van der Waals surface area (Å²) in [5.74, 6) is 0. The second kappa shape index (κ2) is 3.74. The number of urea groups is 1. The Hall–Kier alpha value is -1.53. The molecule has 1 aromatic rings. The van der Waals surface area contributed by atoms with E-state index in [9.17, 15) is 4.79 Å². The van der Waals surface area contributed by atoms with Crippen molar-refractivity contribution in [1.82, 2.24) is 5.32 Å². The molecule has 2 aliphatic rings. The predicted octanol–water partition coefficient (Wildman–Crippen LogP) is 1.77. The Morgan fingerprint density at radius 1 is 1.16 bits per heavy atom. The molecule has 0 atom stereocenters. The summed E-state index contributed by atoms with van der Waals surface area (Å²) in [6.45, 7) is 8.04. The number of amides is 2. The van der Waals surface area contributed by atoms with Gasteiger partial charge in [0.15, 0.2) is 0 Å². The zero-order valence-electron chi connectivity index (χ0n) is 11.5. The maximum Gasteiger partial charge on any atom is 0.494 e. The van der Waals surface area contributed by atoms with Gasteiger partial charge in [-0.15, -0.1) is 0 Å². The van der Waals surface area contributed by atoms with Crippen LogP contribution in [0, 0.1) is 0 Å². The maximum atomic E-state index is 11.2. The van der Waals surface area contributed by atoms with E-state index in [1.807, 2.05) is 45.9 Å². The number of benzene rings is 1. The number of carbonyl (C=O) groups excluding carboxylic acids is 1. The van der Waals surface area contributed by atoms with Gasteiger partial charge in [-0.05, 0) is 45.3 Å². The summed E-state index contributed by atoms with van der Waals surface area (Å²) in [5.41, 5.74) is 1.49. The third kappa shape index (κ3) is 1.91. The van der Waals surface area contributed by atoms with Crippen molar-refractivity contribution in [3.05, 3.63) is 18.2 Å². The Bertz CT molecular complexity index is 541. The zero-order valence-corrected chi connectivity index (χ0v) is 11.5. The van der Waals surface area contributed by atoms with Crippen LogP contribution in [0.25, 0.3) is 0 Å². The van der Waals surface area contributed by atoms with Gasteiger partial charge in [-0.3, -0.25) is 0 Å². The lowest BCUT2D eigenvalue weighted by Gasteiger charge is -2.32. The van der Waals surface area contributed by atoms with E-state index in [0.717, 1.165) is 11.2 Å². The van der Waals surface area contributed by atoms with Crippen molar-refractivity contribution in [3.8, 4) is 0 Å². The van der Waals surface area contributed by atoms with Crippen molar-refractivity contribution < 1.29 is 14.1 Å². The zero-order chi connectivity index (χ0) is 13.8. The number of carbonyl (C=O) groups is 1. The first-order valence-corrected chi connectivity index (χ1v) is 6.31. The standard InChI is InChI=1S/C13H16BN2O3/c1-12(2)13(3,4)19-14(18-12)8-5-6-9-10(7-8)16-11(17)15-9/h5-7H,1-4H3,(H,15,17). The molecule has 0 bridgehead atoms. The Kier molecular flexibility index (Phi) is 2.46. The molecule has 0 saturated carbocycles. The lowest BCUT2D eigenvalue weighted by molar-refractivity contribution is 0.00578. The van der Waals surface area contributed by atoms with E-state index in [0.29, 0.717) is 5.69 Å². The number of anilines is 1. The van der Waals surface area contributed by atoms with Gasteiger partial charge in [0.2, 0.25) is 0 Å². The molecule has 6 heteroatoms. The molecular weight excluding hydrogens is 243 g/mol. The van der Waals surface area contributed by atoms with Crippen LogP contribution in [0.5, 0.6) is 0 Å². The number of rotatable bonds is 1. The fourth-order valence-electron chi connectivity index (χ4n) is 2.13. The first-order chi connectivity index (χ1) is 8.78. The molecule has 3 rings (SSSR count). The summed E-state index contributed by atoms with van der Waals surface area (Å²) in [6.07, 6.45) is 0. The maximum absolute atomic E-state index is 11.2. The molecule has 1 aromatic carbocycles. The average molecular weight is 259 g/mol. The smallest absolute Gasteiger partial charge is 0.399 e. The van der Waals surface area contributed by atoms with Gasteiger partial charge >= 0.3 is 13.1 Å². The van der Waals surface area contributed by atoms with E-state index >= 15 is 0 Å². The topological polar surface area (TPSA) is 61.7 Å². The van der Waals surface area contributed by atoms with E-state index in [2.05, 4.69) is 10.6 Å². The van der Waals surface area contributed by atoms with Gasteiger partial charge in [-0.2, -0.15) is 5.32 Å². The molecule has 2 aliphatic heterocycles. The highest BCUT2D eigenvalue weighted by atomic mass is 16.7. The summed E-state index contributed by atoms with van der Waals surface area (Å²) in [4.78, 5) is 11.2. The highest BCUT2D eigenvalue weighted by Crippen LogP contribution is 2.37. The van der Waals surface area contributed by atoms with Gasteiger partial charge < -0.3 is 14.6 Å². The Balaban J connectivity index is 1.90. The first kappa shape index (κ1) is 12.5. The summed E-state index contributed by atoms with van der Waals surface area (Å²) in [6, 6.07) is 5.21. The van der Waals surface area contributed by atoms with Crippen LogP contribution in [0.4, 0.5) is 16.2 Å². The third-order valence-corrected chi connectivity index (χ3v) is 4.01. The van der Waals surface area contributed by atoms with Crippen LogP contribution in [0.2, 0.25) is 0 Å². The fourth-order valence-corrected chi connectivity index (χ4v) is 2.13. The van der Waals surface area contributed by atoms with Gasteiger partial charge in [0.05, 0.1) is 22.6 Å². The van der Waals surface area contributed by atoms with Crippen LogP contribution in [0.15, 0.2) is 18.2 Å². The molecular formula is C13H16BN2O3. The number of hydrogen-bond donors (Lipinski definition) is 1. The summed E-state index contributed by atoms with van der Waals surface area (Å²) in [7, 11) is -0.429. The molecule has 1 N–H and O–H groups in total. The summed E-state index contributed by atoms with van der Waals surface area (Å²) >= 11 is 0. The second-order valence-electron chi connectivity index (χ2n) is 5.91. The molecule has 1 fully saturated rings. The quantitative estimate of drug-likeness (QED) is 0.782. The lowest BCUT2D eigenvalue weighted by atomic mass is 9.79. The van der Waals surface area contributed by atoms with Crippen molar-refractivity contribution in [2.75, 3.05) is 5.32 Å². The van der Waals surface area contributed by atoms with Crippen LogP contribution in [-0.4, -0.2) is 24.4 Å². The van der Waals surface area contributed by atoms with Crippen molar-refractivity contribution in [2.45, 2.75) is 38.9 Å². The molecule has 0 aliphatic carbocycles. The highest BCUT2D eigenvalue weighted by molar-refractivity contribution is 6.62. The second-order valence-corrected chi connectivity index (χ2v) is 5.91. The van der Waals surface area contributed by atoms with Crippen molar-refractivity contribution in [1.29, 1.82) is 0 Å². The lowest BCUT2D eigenvalue weighted by Crippen LogP contribution is -2.41. The normalized spacial score (nSPS) is 22.9. The van der Waals surface area contributed by atoms with Crippen LogP contribution >= 0.6 is 0 Å². The van der Waals surface area contributed by atoms with Crippen molar-refractivity contribution in [3.63, 3.8) is 0 Å². The highest BCUT2D eigenvalue weighted by Gasteiger charge is 2.51. The van der Waals surface area contributed by atoms with Gasteiger partial charge in [0.25, 0.3) is 0 Å². The average Bonchev–Trinajstić information content (AvgIpc) is 2.74. The van der Waals surface area contributed by atoms with Crippen molar-refractivity contribution >= 4 is 30.0 Å². The Morgan fingerprint density at radius 2 is 1.79 bits per heavy atom. The molecule has 0 unspecified atom stereocenters. The minimum Gasteiger partial charge on any atom is -0.399 e.